The van der Waals surface area contributed by atoms with Gasteiger partial charge in [-0.1, -0.05) is 71.9 Å². The summed E-state index contributed by atoms with van der Waals surface area (Å²) in [6, 6.07) is 11.4. The maximum Gasteiger partial charge on any atom is -0.0126 e. The average Bonchev–Trinajstić information content (AvgIpc) is 2.24. The highest BCUT2D eigenvalue weighted by atomic mass is 14.2. The molecule has 2 aromatic carbocycles. The molecule has 0 atom stereocenters. The number of fused-ring (bicyclic) bond motifs is 1. The maximum absolute atomic E-state index is 2.41. The normalized spacial score (nSPS) is 13.0. The van der Waals surface area contributed by atoms with Crippen molar-refractivity contribution >= 4 is 10.8 Å². The van der Waals surface area contributed by atoms with Gasteiger partial charge in [-0.3, -0.25) is 0 Å². The van der Waals surface area contributed by atoms with Crippen molar-refractivity contribution in [3.05, 3.63) is 47.0 Å². The van der Waals surface area contributed by atoms with E-state index in [2.05, 4.69) is 78.8 Å². The molecule has 0 aliphatic heterocycles. The summed E-state index contributed by atoms with van der Waals surface area (Å²) in [5.74, 6) is 0. The molecule has 0 aromatic heterocycles. The van der Waals surface area contributed by atoms with E-state index in [4.69, 9.17) is 0 Å². The lowest BCUT2D eigenvalue weighted by atomic mass is 9.79. The Hall–Kier alpha value is -1.30. The van der Waals surface area contributed by atoms with Crippen LogP contribution in [0.4, 0.5) is 0 Å². The Balaban J connectivity index is 2.83. The van der Waals surface area contributed by atoms with Crippen LogP contribution in [0.25, 0.3) is 10.8 Å². The topological polar surface area (TPSA) is 0 Å². The molecule has 0 bridgehead atoms. The second-order valence-electron chi connectivity index (χ2n) is 7.69. The van der Waals surface area contributed by atoms with Crippen LogP contribution >= 0.6 is 0 Å². The summed E-state index contributed by atoms with van der Waals surface area (Å²) in [5.41, 5.74) is 4.67. The van der Waals surface area contributed by atoms with E-state index in [-0.39, 0.29) is 10.8 Å². The standard InChI is InChI=1S/C19H26/c1-13-11-14-9-8-10-16(18(2,3)4)15(14)12-17(13)19(5,6)7/h8-12H,1-7H3. The van der Waals surface area contributed by atoms with Crippen molar-refractivity contribution < 1.29 is 0 Å². The predicted octanol–water partition coefficient (Wildman–Crippen LogP) is 5.74. The first kappa shape index (κ1) is 14.1. The molecule has 0 aliphatic rings. The lowest BCUT2D eigenvalue weighted by Gasteiger charge is -2.26. The van der Waals surface area contributed by atoms with Gasteiger partial charge in [0.1, 0.15) is 0 Å². The maximum atomic E-state index is 2.41. The Kier molecular flexibility index (Phi) is 3.24. The van der Waals surface area contributed by atoms with E-state index in [0.29, 0.717) is 0 Å². The van der Waals surface area contributed by atoms with Gasteiger partial charge in [-0.15, -0.1) is 0 Å². The lowest BCUT2D eigenvalue weighted by molar-refractivity contribution is 0.584. The van der Waals surface area contributed by atoms with Gasteiger partial charge in [0.2, 0.25) is 0 Å². The van der Waals surface area contributed by atoms with Crippen LogP contribution in [0, 0.1) is 6.92 Å². The van der Waals surface area contributed by atoms with Crippen molar-refractivity contribution in [3.8, 4) is 0 Å². The van der Waals surface area contributed by atoms with Crippen molar-refractivity contribution in [1.29, 1.82) is 0 Å². The smallest absolute Gasteiger partial charge is 0.0126 e. The Labute approximate surface area is 117 Å². The zero-order valence-electron chi connectivity index (χ0n) is 13.4. The van der Waals surface area contributed by atoms with Crippen molar-refractivity contribution in [2.24, 2.45) is 0 Å². The van der Waals surface area contributed by atoms with Crippen LogP contribution in [-0.2, 0) is 10.8 Å². The molecular weight excluding hydrogens is 228 g/mol. The average molecular weight is 254 g/mol. The molecule has 19 heavy (non-hydrogen) atoms. The molecule has 0 N–H and O–H groups in total. The number of benzene rings is 2. The van der Waals surface area contributed by atoms with E-state index in [1.165, 1.54) is 27.5 Å². The summed E-state index contributed by atoms with van der Waals surface area (Å²) in [7, 11) is 0. The molecule has 0 nitrogen and oxygen atoms in total. The monoisotopic (exact) mass is 254 g/mol. The van der Waals surface area contributed by atoms with Gasteiger partial charge < -0.3 is 0 Å². The highest BCUT2D eigenvalue weighted by molar-refractivity contribution is 5.88. The van der Waals surface area contributed by atoms with Crippen molar-refractivity contribution in [1.82, 2.24) is 0 Å². The number of aryl methyl sites for hydroxylation is 1. The van der Waals surface area contributed by atoms with Gasteiger partial charge in [-0.2, -0.15) is 0 Å². The largest absolute Gasteiger partial charge is 0.0613 e. The fraction of sp³-hybridized carbons (Fsp3) is 0.474. The SMILES string of the molecule is Cc1cc2cccc(C(C)(C)C)c2cc1C(C)(C)C. The molecule has 2 rings (SSSR count). The third-order valence-corrected chi connectivity index (χ3v) is 3.84. The predicted molar refractivity (Wildman–Crippen MR) is 86.1 cm³/mol. The van der Waals surface area contributed by atoms with E-state index in [0.717, 1.165) is 0 Å². The third kappa shape index (κ3) is 2.68. The molecule has 0 heteroatoms. The third-order valence-electron chi connectivity index (χ3n) is 3.84. The summed E-state index contributed by atoms with van der Waals surface area (Å²) >= 11 is 0. The second-order valence-corrected chi connectivity index (χ2v) is 7.69. The van der Waals surface area contributed by atoms with Crippen LogP contribution in [0.3, 0.4) is 0 Å². The summed E-state index contributed by atoms with van der Waals surface area (Å²) in [6.45, 7) is 16.0. The summed E-state index contributed by atoms with van der Waals surface area (Å²) in [4.78, 5) is 0. The minimum Gasteiger partial charge on any atom is -0.0613 e. The fourth-order valence-electron chi connectivity index (χ4n) is 2.90. The molecule has 0 unspecified atom stereocenters. The van der Waals surface area contributed by atoms with Crippen LogP contribution in [0.1, 0.15) is 58.2 Å². The Morgan fingerprint density at radius 2 is 1.32 bits per heavy atom. The van der Waals surface area contributed by atoms with Gasteiger partial charge in [0, 0.05) is 0 Å². The van der Waals surface area contributed by atoms with Gasteiger partial charge in [0.25, 0.3) is 0 Å². The first-order chi connectivity index (χ1) is 8.60. The molecule has 102 valence electrons. The van der Waals surface area contributed by atoms with Crippen LogP contribution < -0.4 is 0 Å². The van der Waals surface area contributed by atoms with Gasteiger partial charge in [-0.05, 0) is 45.2 Å². The minimum absolute atomic E-state index is 0.184. The van der Waals surface area contributed by atoms with E-state index in [1.54, 1.807) is 0 Å². The molecule has 0 heterocycles. The van der Waals surface area contributed by atoms with Crippen LogP contribution in [0.2, 0.25) is 0 Å². The molecular formula is C19H26. The molecule has 0 aliphatic carbocycles. The van der Waals surface area contributed by atoms with Crippen molar-refractivity contribution in [2.45, 2.75) is 59.3 Å². The van der Waals surface area contributed by atoms with E-state index in [9.17, 15) is 0 Å². The molecule has 0 spiro atoms. The van der Waals surface area contributed by atoms with Crippen LogP contribution in [-0.4, -0.2) is 0 Å². The molecule has 0 radical (unpaired) electrons. The molecule has 0 fully saturated rings. The summed E-state index contributed by atoms with van der Waals surface area (Å²) < 4.78 is 0. The number of rotatable bonds is 0. The van der Waals surface area contributed by atoms with Crippen molar-refractivity contribution in [2.75, 3.05) is 0 Å². The van der Waals surface area contributed by atoms with Gasteiger partial charge in [0.15, 0.2) is 0 Å². The van der Waals surface area contributed by atoms with Gasteiger partial charge >= 0.3 is 0 Å². The fourth-order valence-corrected chi connectivity index (χ4v) is 2.90. The van der Waals surface area contributed by atoms with E-state index < -0.39 is 0 Å². The molecule has 2 aromatic rings. The quantitative estimate of drug-likeness (QED) is 0.562. The van der Waals surface area contributed by atoms with Crippen LogP contribution in [0.5, 0.6) is 0 Å². The van der Waals surface area contributed by atoms with Gasteiger partial charge in [-0.25, -0.2) is 0 Å². The first-order valence-electron chi connectivity index (χ1n) is 7.15. The van der Waals surface area contributed by atoms with Gasteiger partial charge in [0.05, 0.1) is 0 Å². The Morgan fingerprint density at radius 1 is 0.737 bits per heavy atom. The summed E-state index contributed by atoms with van der Waals surface area (Å²) in [6.07, 6.45) is 0. The zero-order chi connectivity index (χ0) is 14.4. The van der Waals surface area contributed by atoms with Crippen LogP contribution in [0.15, 0.2) is 30.3 Å². The lowest BCUT2D eigenvalue weighted by Crippen LogP contribution is -2.15. The van der Waals surface area contributed by atoms with E-state index in [1.807, 2.05) is 0 Å². The first-order valence-corrected chi connectivity index (χ1v) is 7.15. The molecule has 0 saturated heterocycles. The molecule has 0 saturated carbocycles. The Bertz CT molecular complexity index is 604. The highest BCUT2D eigenvalue weighted by Gasteiger charge is 2.20. The van der Waals surface area contributed by atoms with E-state index >= 15 is 0 Å². The summed E-state index contributed by atoms with van der Waals surface area (Å²) in [5, 5.41) is 2.77. The number of hydrogen-bond acceptors (Lipinski definition) is 0. The second kappa shape index (κ2) is 4.37. The zero-order valence-corrected chi connectivity index (χ0v) is 13.4. The molecule has 0 amide bonds. The minimum atomic E-state index is 0.184. The number of hydrogen-bond donors (Lipinski definition) is 0. The Morgan fingerprint density at radius 3 is 1.84 bits per heavy atom. The highest BCUT2D eigenvalue weighted by Crippen LogP contribution is 2.35. The van der Waals surface area contributed by atoms with Crippen molar-refractivity contribution in [3.63, 3.8) is 0 Å².